The topological polar surface area (TPSA) is 183 Å². The number of hydrogen-bond acceptors (Lipinski definition) is 12. The molecule has 0 radical (unpaired) electrons. The Bertz CT molecular complexity index is 2230. The van der Waals surface area contributed by atoms with Crippen molar-refractivity contribution in [3.63, 3.8) is 0 Å². The molecule has 5 aliphatic heterocycles. The molecular weight excluding hydrogens is 779 g/mol. The van der Waals surface area contributed by atoms with Crippen molar-refractivity contribution >= 4 is 53.0 Å². The van der Waals surface area contributed by atoms with Crippen molar-refractivity contribution in [2.75, 3.05) is 50.5 Å². The molecule has 0 bridgehead atoms. The zero-order chi connectivity index (χ0) is 41.7. The van der Waals surface area contributed by atoms with Crippen LogP contribution in [0.25, 0.3) is 0 Å². The SMILES string of the molecule is CN(C[C@H]1CC[C@H](n2cc(NC(=O)C3=C4N=C(N5CCOCC5)C=C4N=C3)c(C(F)F)n2)CC1)[C@H]1CC[C@H](Nc2cccc3c2C(=O)N(C2CCC(=O)NC2=O)C3=O)CC1. The molecule has 316 valence electrons. The van der Waals surface area contributed by atoms with Gasteiger partial charge >= 0.3 is 0 Å². The van der Waals surface area contributed by atoms with E-state index in [4.69, 9.17) is 4.74 Å². The highest BCUT2D eigenvalue weighted by atomic mass is 19.3. The summed E-state index contributed by atoms with van der Waals surface area (Å²) < 4.78 is 35.5. The highest BCUT2D eigenvalue weighted by Crippen LogP contribution is 2.38. The number of alkyl halides is 2. The summed E-state index contributed by atoms with van der Waals surface area (Å²) in [6.07, 6.45) is 9.15. The molecule has 16 nitrogen and oxygen atoms in total. The van der Waals surface area contributed by atoms with Crippen LogP contribution >= 0.6 is 0 Å². The minimum Gasteiger partial charge on any atom is -0.382 e. The number of nitrogens with zero attached hydrogens (tertiary/aromatic N) is 7. The lowest BCUT2D eigenvalue weighted by Crippen LogP contribution is -2.54. The van der Waals surface area contributed by atoms with E-state index in [1.165, 1.54) is 12.4 Å². The van der Waals surface area contributed by atoms with E-state index in [0.29, 0.717) is 61.2 Å². The smallest absolute Gasteiger partial charge is 0.284 e. The van der Waals surface area contributed by atoms with Crippen LogP contribution in [0, 0.1) is 5.92 Å². The summed E-state index contributed by atoms with van der Waals surface area (Å²) in [7, 11) is 2.16. The molecule has 6 heterocycles. The Morgan fingerprint density at radius 2 is 1.75 bits per heavy atom. The van der Waals surface area contributed by atoms with Crippen molar-refractivity contribution < 1.29 is 37.5 Å². The van der Waals surface area contributed by atoms with Crippen molar-refractivity contribution in [3.8, 4) is 0 Å². The molecule has 5 amide bonds. The quantitative estimate of drug-likeness (QED) is 0.294. The number of halogens is 2. The summed E-state index contributed by atoms with van der Waals surface area (Å²) >= 11 is 0. The Labute approximate surface area is 345 Å². The van der Waals surface area contributed by atoms with Gasteiger partial charge in [0, 0.05) is 62.3 Å². The number of nitrogens with one attached hydrogen (secondary N) is 3. The largest absolute Gasteiger partial charge is 0.382 e. The molecule has 1 aromatic carbocycles. The summed E-state index contributed by atoms with van der Waals surface area (Å²) in [5, 5.41) is 12.7. The van der Waals surface area contributed by atoms with Gasteiger partial charge in [0.15, 0.2) is 5.69 Å². The second-order valence-electron chi connectivity index (χ2n) is 16.7. The van der Waals surface area contributed by atoms with Crippen LogP contribution in [0.2, 0.25) is 0 Å². The second kappa shape index (κ2) is 16.4. The predicted molar refractivity (Wildman–Crippen MR) is 216 cm³/mol. The van der Waals surface area contributed by atoms with Crippen molar-refractivity contribution in [1.29, 1.82) is 0 Å². The first-order chi connectivity index (χ1) is 29.0. The number of imide groups is 2. The number of aromatic nitrogens is 2. The first-order valence-electron chi connectivity index (χ1n) is 20.9. The molecule has 2 aromatic rings. The van der Waals surface area contributed by atoms with Gasteiger partial charge in [-0.15, -0.1) is 0 Å². The molecule has 1 unspecified atom stereocenters. The third kappa shape index (κ3) is 7.66. The Morgan fingerprint density at radius 1 is 0.983 bits per heavy atom. The first-order valence-corrected chi connectivity index (χ1v) is 20.9. The van der Waals surface area contributed by atoms with Crippen molar-refractivity contribution in [2.45, 2.75) is 94.8 Å². The minimum absolute atomic E-state index is 0.0119. The summed E-state index contributed by atoms with van der Waals surface area (Å²) in [4.78, 5) is 78.9. The lowest BCUT2D eigenvalue weighted by atomic mass is 9.84. The number of morpholine rings is 1. The minimum atomic E-state index is -2.87. The van der Waals surface area contributed by atoms with Gasteiger partial charge in [-0.1, -0.05) is 6.07 Å². The monoisotopic (exact) mass is 826 g/mol. The number of rotatable bonds is 10. The third-order valence-electron chi connectivity index (χ3n) is 13.0. The van der Waals surface area contributed by atoms with E-state index in [1.54, 1.807) is 22.9 Å². The Balaban J connectivity index is 0.760. The van der Waals surface area contributed by atoms with Gasteiger partial charge in [0.2, 0.25) is 11.8 Å². The summed E-state index contributed by atoms with van der Waals surface area (Å²) in [5.41, 5.74) is 1.87. The third-order valence-corrected chi connectivity index (χ3v) is 13.0. The van der Waals surface area contributed by atoms with Crippen molar-refractivity contribution in [3.05, 3.63) is 64.3 Å². The van der Waals surface area contributed by atoms with Crippen LogP contribution < -0.4 is 16.0 Å². The molecule has 4 fully saturated rings. The lowest BCUT2D eigenvalue weighted by molar-refractivity contribution is -0.136. The second-order valence-corrected chi connectivity index (χ2v) is 16.7. The first kappa shape index (κ1) is 39.8. The lowest BCUT2D eigenvalue weighted by Gasteiger charge is -2.38. The molecule has 1 aromatic heterocycles. The maximum absolute atomic E-state index is 14.2. The number of anilines is 2. The fourth-order valence-corrected chi connectivity index (χ4v) is 9.71. The van der Waals surface area contributed by atoms with E-state index >= 15 is 0 Å². The molecule has 2 aliphatic carbocycles. The van der Waals surface area contributed by atoms with E-state index in [0.717, 1.165) is 62.8 Å². The molecule has 3 N–H and O–H groups in total. The molecular formula is C42H48F2N10O6. The Morgan fingerprint density at radius 3 is 2.48 bits per heavy atom. The summed E-state index contributed by atoms with van der Waals surface area (Å²) in [6.45, 7) is 3.47. The molecule has 0 spiro atoms. The highest BCUT2D eigenvalue weighted by molar-refractivity contribution is 6.25. The molecule has 2 saturated carbocycles. The van der Waals surface area contributed by atoms with Gasteiger partial charge in [0.25, 0.3) is 24.1 Å². The standard InChI is InChI=1S/C42H48F2N10O6/c1-51(25-11-7-24(8-12-25)46-29-4-2-3-27-35(29)42(59)54(41(27)58)32-13-14-34(55)49-40(32)57)21-23-5-9-26(10-6-23)53-22-31(37(50-53)38(43)44)47-39(56)28-20-45-30-19-33(48-36(28)30)52-15-17-60-18-16-52/h2-4,19-20,22-26,32,38,46H,5-18,21H2,1H3,(H,47,56)(H,49,55,57)/t23-,24-,25-,26-,32?. The normalized spacial score (nSPS) is 26.8. The number of ether oxygens (including phenoxy) is 1. The van der Waals surface area contributed by atoms with Crippen LogP contribution in [-0.4, -0.2) is 124 Å². The number of amides is 5. The number of carbonyl (C=O) groups is 5. The van der Waals surface area contributed by atoms with E-state index in [-0.39, 0.29) is 47.3 Å². The maximum atomic E-state index is 14.2. The van der Waals surface area contributed by atoms with E-state index < -0.39 is 47.7 Å². The molecule has 2 saturated heterocycles. The Kier molecular flexibility index (Phi) is 10.9. The summed E-state index contributed by atoms with van der Waals surface area (Å²) in [6, 6.07) is 4.55. The zero-order valence-electron chi connectivity index (χ0n) is 33.4. The van der Waals surface area contributed by atoms with Crippen LogP contribution in [-0.2, 0) is 19.1 Å². The van der Waals surface area contributed by atoms with Crippen LogP contribution in [0.4, 0.5) is 20.2 Å². The average Bonchev–Trinajstić information content (AvgIpc) is 4.02. The maximum Gasteiger partial charge on any atom is 0.284 e. The van der Waals surface area contributed by atoms with E-state index in [1.807, 2.05) is 6.08 Å². The fourth-order valence-electron chi connectivity index (χ4n) is 9.71. The van der Waals surface area contributed by atoms with Crippen molar-refractivity contribution in [1.82, 2.24) is 29.8 Å². The number of piperidine rings is 1. The van der Waals surface area contributed by atoms with E-state index in [2.05, 4.69) is 47.9 Å². The molecule has 7 aliphatic rings. The fraction of sp³-hybridized carbons (Fsp3) is 0.524. The van der Waals surface area contributed by atoms with Crippen LogP contribution in [0.5, 0.6) is 0 Å². The molecule has 9 rings (SSSR count). The van der Waals surface area contributed by atoms with Crippen LogP contribution in [0.1, 0.15) is 103 Å². The van der Waals surface area contributed by atoms with Gasteiger partial charge in [0.1, 0.15) is 17.6 Å². The molecule has 60 heavy (non-hydrogen) atoms. The number of hydrogen-bond donors (Lipinski definition) is 3. The van der Waals surface area contributed by atoms with Gasteiger partial charge in [0.05, 0.1) is 47.3 Å². The van der Waals surface area contributed by atoms with Gasteiger partial charge in [-0.3, -0.25) is 43.9 Å². The number of amidine groups is 1. The number of benzene rings is 1. The van der Waals surface area contributed by atoms with E-state index in [9.17, 15) is 32.8 Å². The number of aliphatic imine (C=N–C) groups is 2. The van der Waals surface area contributed by atoms with Gasteiger partial charge < -0.3 is 25.2 Å². The summed E-state index contributed by atoms with van der Waals surface area (Å²) in [5.74, 6) is -1.49. The predicted octanol–water partition coefficient (Wildman–Crippen LogP) is 4.21. The van der Waals surface area contributed by atoms with Gasteiger partial charge in [-0.2, -0.15) is 5.10 Å². The van der Waals surface area contributed by atoms with Crippen molar-refractivity contribution in [2.24, 2.45) is 15.9 Å². The highest BCUT2D eigenvalue weighted by Gasteiger charge is 2.46. The van der Waals surface area contributed by atoms with Gasteiger partial charge in [-0.25, -0.2) is 13.8 Å². The van der Waals surface area contributed by atoms with Crippen LogP contribution in [0.15, 0.2) is 57.4 Å². The zero-order valence-corrected chi connectivity index (χ0v) is 33.4. The van der Waals surface area contributed by atoms with Gasteiger partial charge in [-0.05, 0) is 82.9 Å². The van der Waals surface area contributed by atoms with Crippen LogP contribution in [0.3, 0.4) is 0 Å². The average molecular weight is 827 g/mol. The molecule has 18 heteroatoms. The number of carbonyl (C=O) groups excluding carboxylic acids is 5. The Hall–Kier alpha value is -5.62. The molecule has 1 atom stereocenters. The number of fused-ring (bicyclic) bond motifs is 2.